The maximum Gasteiger partial charge on any atom is 0.230 e. The molecular formula is C16H16FNOS2. The van der Waals surface area contributed by atoms with Gasteiger partial charge in [0.25, 0.3) is 0 Å². The number of rotatable bonds is 5. The summed E-state index contributed by atoms with van der Waals surface area (Å²) in [5, 5.41) is 5.16. The lowest BCUT2D eigenvalue weighted by molar-refractivity contribution is -0.118. The van der Waals surface area contributed by atoms with Crippen LogP contribution in [0.1, 0.15) is 27.7 Å². The Morgan fingerprint density at radius 1 is 1.43 bits per heavy atom. The van der Waals surface area contributed by atoms with Crippen molar-refractivity contribution in [2.75, 3.05) is 5.75 Å². The average Bonchev–Trinajstić information content (AvgIpc) is 3.12. The van der Waals surface area contributed by atoms with Crippen molar-refractivity contribution in [2.45, 2.75) is 24.6 Å². The van der Waals surface area contributed by atoms with Crippen LogP contribution in [0.5, 0.6) is 0 Å². The van der Waals surface area contributed by atoms with Crippen molar-refractivity contribution in [2.24, 2.45) is 0 Å². The third-order valence-electron chi connectivity index (χ3n) is 3.59. The molecule has 3 rings (SSSR count). The maximum atomic E-state index is 13.3. The molecule has 0 aliphatic heterocycles. The van der Waals surface area contributed by atoms with E-state index in [1.165, 1.54) is 11.6 Å². The Morgan fingerprint density at radius 3 is 3.14 bits per heavy atom. The summed E-state index contributed by atoms with van der Waals surface area (Å²) in [5.41, 5.74) is 2.28. The molecule has 110 valence electrons. The number of carbonyl (C=O) groups excluding carboxylic acids is 1. The minimum atomic E-state index is -0.191. The van der Waals surface area contributed by atoms with Crippen LogP contribution < -0.4 is 5.32 Å². The van der Waals surface area contributed by atoms with Gasteiger partial charge < -0.3 is 5.32 Å². The van der Waals surface area contributed by atoms with Crippen LogP contribution >= 0.6 is 23.1 Å². The van der Waals surface area contributed by atoms with Crippen molar-refractivity contribution in [1.29, 1.82) is 0 Å². The monoisotopic (exact) mass is 321 g/mol. The van der Waals surface area contributed by atoms with Gasteiger partial charge in [-0.05, 0) is 47.5 Å². The Kier molecular flexibility index (Phi) is 4.60. The van der Waals surface area contributed by atoms with Gasteiger partial charge in [-0.3, -0.25) is 4.79 Å². The maximum absolute atomic E-state index is 13.3. The molecule has 1 atom stereocenters. The van der Waals surface area contributed by atoms with Crippen molar-refractivity contribution >= 4 is 29.0 Å². The van der Waals surface area contributed by atoms with Gasteiger partial charge in [-0.25, -0.2) is 4.39 Å². The lowest BCUT2D eigenvalue weighted by Crippen LogP contribution is -2.24. The Hall–Kier alpha value is -1.33. The second-order valence-electron chi connectivity index (χ2n) is 5.04. The number of thiophene rings is 1. The highest BCUT2D eigenvalue weighted by Gasteiger charge is 2.23. The quantitative estimate of drug-likeness (QED) is 0.904. The zero-order chi connectivity index (χ0) is 14.7. The zero-order valence-electron chi connectivity index (χ0n) is 11.5. The Bertz CT molecular complexity index is 627. The molecule has 0 bridgehead atoms. The van der Waals surface area contributed by atoms with Gasteiger partial charge in [-0.15, -0.1) is 23.1 Å². The normalized spacial score (nSPS) is 16.7. The summed E-state index contributed by atoms with van der Waals surface area (Å²) >= 11 is 3.24. The lowest BCUT2D eigenvalue weighted by atomic mass is 10.1. The van der Waals surface area contributed by atoms with Crippen LogP contribution in [0, 0.1) is 5.82 Å². The van der Waals surface area contributed by atoms with Crippen molar-refractivity contribution in [3.8, 4) is 0 Å². The van der Waals surface area contributed by atoms with E-state index in [0.717, 1.165) is 23.3 Å². The second-order valence-corrected chi connectivity index (χ2v) is 7.26. The van der Waals surface area contributed by atoms with Crippen LogP contribution in [0.25, 0.3) is 0 Å². The summed E-state index contributed by atoms with van der Waals surface area (Å²) in [6, 6.07) is 8.98. The van der Waals surface area contributed by atoms with Crippen molar-refractivity contribution < 1.29 is 9.18 Å². The summed E-state index contributed by atoms with van der Waals surface area (Å²) in [6.45, 7) is 0.590. The van der Waals surface area contributed by atoms with Crippen LogP contribution in [0.3, 0.4) is 0 Å². The fraction of sp³-hybridized carbons (Fsp3) is 0.312. The summed E-state index contributed by atoms with van der Waals surface area (Å²) in [4.78, 5) is 13.0. The molecule has 1 aliphatic carbocycles. The minimum Gasteiger partial charge on any atom is -0.350 e. The van der Waals surface area contributed by atoms with Gasteiger partial charge >= 0.3 is 0 Å². The second kappa shape index (κ2) is 6.62. The molecular weight excluding hydrogens is 305 g/mol. The van der Waals surface area contributed by atoms with Gasteiger partial charge in [0.15, 0.2) is 0 Å². The van der Waals surface area contributed by atoms with Crippen molar-refractivity contribution in [3.05, 3.63) is 57.5 Å². The molecule has 0 saturated heterocycles. The number of nitrogens with one attached hydrogen (secondary N) is 1. The molecule has 2 nitrogen and oxygen atoms in total. The number of halogens is 1. The van der Waals surface area contributed by atoms with E-state index in [1.54, 1.807) is 29.2 Å². The molecule has 2 aromatic rings. The first-order valence-corrected chi connectivity index (χ1v) is 8.84. The highest BCUT2D eigenvalue weighted by atomic mass is 32.2. The number of aryl methyl sites for hydroxylation is 1. The molecule has 0 spiro atoms. The SMILES string of the molecule is O=C(CS[C@@H]1CCc2ccc(F)cc21)NCc1cccs1. The molecule has 0 fully saturated rings. The Balaban J connectivity index is 1.50. The van der Waals surface area contributed by atoms with Crippen LogP contribution in [0.4, 0.5) is 4.39 Å². The third-order valence-corrected chi connectivity index (χ3v) is 5.78. The fourth-order valence-electron chi connectivity index (χ4n) is 2.53. The van der Waals surface area contributed by atoms with Crippen LogP contribution in [-0.2, 0) is 17.8 Å². The van der Waals surface area contributed by atoms with Crippen molar-refractivity contribution in [3.63, 3.8) is 0 Å². The predicted molar refractivity (Wildman–Crippen MR) is 86.1 cm³/mol. The van der Waals surface area contributed by atoms with Gasteiger partial charge in [0.1, 0.15) is 5.82 Å². The van der Waals surface area contributed by atoms with E-state index in [2.05, 4.69) is 5.32 Å². The number of hydrogen-bond donors (Lipinski definition) is 1. The van der Waals surface area contributed by atoms with E-state index in [9.17, 15) is 9.18 Å². The number of thioether (sulfide) groups is 1. The molecule has 0 saturated carbocycles. The molecule has 5 heteroatoms. The van der Waals surface area contributed by atoms with E-state index >= 15 is 0 Å². The standard InChI is InChI=1S/C16H16FNOS2/c17-12-5-3-11-4-6-15(14(11)8-12)21-10-16(19)18-9-13-2-1-7-20-13/h1-3,5,7-8,15H,4,6,9-10H2,(H,18,19)/t15-/m1/s1. The smallest absolute Gasteiger partial charge is 0.230 e. The number of fused-ring (bicyclic) bond motifs is 1. The number of hydrogen-bond acceptors (Lipinski definition) is 3. The van der Waals surface area contributed by atoms with Gasteiger partial charge in [-0.2, -0.15) is 0 Å². The number of amides is 1. The van der Waals surface area contributed by atoms with Crippen LogP contribution in [0.15, 0.2) is 35.7 Å². The molecule has 1 heterocycles. The van der Waals surface area contributed by atoms with Gasteiger partial charge in [0.2, 0.25) is 5.91 Å². The average molecular weight is 321 g/mol. The fourth-order valence-corrected chi connectivity index (χ4v) is 4.32. The highest BCUT2D eigenvalue weighted by Crippen LogP contribution is 2.41. The van der Waals surface area contributed by atoms with E-state index in [1.807, 2.05) is 23.6 Å². The molecule has 0 unspecified atom stereocenters. The highest BCUT2D eigenvalue weighted by molar-refractivity contribution is 8.00. The van der Waals surface area contributed by atoms with Gasteiger partial charge in [0, 0.05) is 10.1 Å². The van der Waals surface area contributed by atoms with E-state index < -0.39 is 0 Å². The first-order valence-electron chi connectivity index (χ1n) is 6.91. The molecule has 1 N–H and O–H groups in total. The third kappa shape index (κ3) is 3.66. The topological polar surface area (TPSA) is 29.1 Å². The lowest BCUT2D eigenvalue weighted by Gasteiger charge is -2.11. The minimum absolute atomic E-state index is 0.0400. The number of benzene rings is 1. The van der Waals surface area contributed by atoms with E-state index in [-0.39, 0.29) is 17.0 Å². The van der Waals surface area contributed by atoms with Crippen molar-refractivity contribution in [1.82, 2.24) is 5.32 Å². The molecule has 0 radical (unpaired) electrons. The summed E-state index contributed by atoms with van der Waals surface area (Å²) in [7, 11) is 0. The molecule has 1 amide bonds. The first kappa shape index (κ1) is 14.6. The molecule has 1 aromatic carbocycles. The van der Waals surface area contributed by atoms with E-state index in [4.69, 9.17) is 0 Å². The largest absolute Gasteiger partial charge is 0.350 e. The predicted octanol–water partition coefficient (Wildman–Crippen LogP) is 3.92. The molecule has 21 heavy (non-hydrogen) atoms. The van der Waals surface area contributed by atoms with E-state index in [0.29, 0.717) is 12.3 Å². The summed E-state index contributed by atoms with van der Waals surface area (Å²) in [5.74, 6) is 0.271. The Labute approximate surface area is 131 Å². The van der Waals surface area contributed by atoms with Gasteiger partial charge in [0.05, 0.1) is 12.3 Å². The van der Waals surface area contributed by atoms with Crippen LogP contribution in [-0.4, -0.2) is 11.7 Å². The van der Waals surface area contributed by atoms with Crippen LogP contribution in [0.2, 0.25) is 0 Å². The zero-order valence-corrected chi connectivity index (χ0v) is 13.1. The molecule has 1 aromatic heterocycles. The number of carbonyl (C=O) groups is 1. The molecule has 1 aliphatic rings. The summed E-state index contributed by atoms with van der Waals surface area (Å²) < 4.78 is 13.3. The first-order chi connectivity index (χ1) is 10.2. The Morgan fingerprint density at radius 2 is 2.33 bits per heavy atom. The van der Waals surface area contributed by atoms with Gasteiger partial charge in [-0.1, -0.05) is 12.1 Å². The summed E-state index contributed by atoms with van der Waals surface area (Å²) in [6.07, 6.45) is 1.96.